The SMILES string of the molecule is CC(C)CC1NCCC1c1ccc(C2CC2C)o1. The van der Waals surface area contributed by atoms with E-state index in [1.165, 1.54) is 30.8 Å². The van der Waals surface area contributed by atoms with Crippen LogP contribution in [0.25, 0.3) is 0 Å². The van der Waals surface area contributed by atoms with Gasteiger partial charge < -0.3 is 9.73 Å². The fraction of sp³-hybridized carbons (Fsp3) is 0.750. The van der Waals surface area contributed by atoms with Crippen molar-refractivity contribution in [1.82, 2.24) is 5.32 Å². The highest BCUT2D eigenvalue weighted by molar-refractivity contribution is 5.21. The third kappa shape index (κ3) is 2.35. The minimum atomic E-state index is 0.593. The topological polar surface area (TPSA) is 25.2 Å². The Balaban J connectivity index is 1.71. The standard InChI is InChI=1S/C16H25NO/c1-10(2)8-14-12(6-7-17-14)15-4-5-16(18-15)13-9-11(13)3/h4-5,10-14,17H,6-9H2,1-3H3. The lowest BCUT2D eigenvalue weighted by atomic mass is 9.91. The molecule has 0 bridgehead atoms. The molecule has 3 rings (SSSR count). The molecular weight excluding hydrogens is 222 g/mol. The zero-order valence-electron chi connectivity index (χ0n) is 11.8. The summed E-state index contributed by atoms with van der Waals surface area (Å²) in [5.74, 6) is 5.33. The Bertz CT molecular complexity index is 409. The zero-order chi connectivity index (χ0) is 12.7. The average molecular weight is 247 g/mol. The van der Waals surface area contributed by atoms with Crippen molar-refractivity contribution >= 4 is 0 Å². The molecule has 4 atom stereocenters. The Morgan fingerprint density at radius 2 is 1.94 bits per heavy atom. The van der Waals surface area contributed by atoms with Crippen molar-refractivity contribution in [3.63, 3.8) is 0 Å². The van der Waals surface area contributed by atoms with Crippen LogP contribution in [-0.2, 0) is 0 Å². The van der Waals surface area contributed by atoms with E-state index in [0.29, 0.717) is 17.9 Å². The summed E-state index contributed by atoms with van der Waals surface area (Å²) in [6.45, 7) is 8.05. The van der Waals surface area contributed by atoms with Gasteiger partial charge in [-0.15, -0.1) is 0 Å². The number of nitrogens with one attached hydrogen (secondary N) is 1. The molecule has 1 aromatic rings. The third-order valence-electron chi connectivity index (χ3n) is 4.56. The first-order valence-electron chi connectivity index (χ1n) is 7.48. The molecule has 2 fully saturated rings. The highest BCUT2D eigenvalue weighted by atomic mass is 16.3. The highest BCUT2D eigenvalue weighted by Gasteiger charge is 2.38. The highest BCUT2D eigenvalue weighted by Crippen LogP contribution is 2.48. The predicted octanol–water partition coefficient (Wildman–Crippen LogP) is 3.89. The van der Waals surface area contributed by atoms with E-state index in [0.717, 1.165) is 18.4 Å². The summed E-state index contributed by atoms with van der Waals surface area (Å²) in [5.41, 5.74) is 0. The van der Waals surface area contributed by atoms with Crippen molar-refractivity contribution in [2.24, 2.45) is 11.8 Å². The average Bonchev–Trinajstić information content (AvgIpc) is 2.77. The van der Waals surface area contributed by atoms with E-state index in [-0.39, 0.29) is 0 Å². The van der Waals surface area contributed by atoms with Crippen molar-refractivity contribution in [2.75, 3.05) is 6.54 Å². The maximum atomic E-state index is 6.13. The Labute approximate surface area is 110 Å². The fourth-order valence-corrected chi connectivity index (χ4v) is 3.35. The van der Waals surface area contributed by atoms with Crippen LogP contribution in [-0.4, -0.2) is 12.6 Å². The van der Waals surface area contributed by atoms with Gasteiger partial charge in [0, 0.05) is 17.9 Å². The third-order valence-corrected chi connectivity index (χ3v) is 4.56. The monoisotopic (exact) mass is 247 g/mol. The Morgan fingerprint density at radius 3 is 2.56 bits per heavy atom. The summed E-state index contributed by atoms with van der Waals surface area (Å²) in [4.78, 5) is 0. The lowest BCUT2D eigenvalue weighted by molar-refractivity contribution is 0.372. The summed E-state index contributed by atoms with van der Waals surface area (Å²) in [7, 11) is 0. The first-order chi connectivity index (χ1) is 8.65. The first-order valence-corrected chi connectivity index (χ1v) is 7.48. The van der Waals surface area contributed by atoms with Crippen LogP contribution >= 0.6 is 0 Å². The molecule has 0 spiro atoms. The molecule has 1 N–H and O–H groups in total. The van der Waals surface area contributed by atoms with E-state index in [1.54, 1.807) is 0 Å². The van der Waals surface area contributed by atoms with Gasteiger partial charge in [0.15, 0.2) is 0 Å². The zero-order valence-corrected chi connectivity index (χ0v) is 11.8. The quantitative estimate of drug-likeness (QED) is 0.873. The molecule has 4 unspecified atom stereocenters. The number of rotatable bonds is 4. The minimum Gasteiger partial charge on any atom is -0.465 e. The molecule has 1 saturated heterocycles. The van der Waals surface area contributed by atoms with E-state index >= 15 is 0 Å². The van der Waals surface area contributed by atoms with Gasteiger partial charge in [0.05, 0.1) is 0 Å². The molecule has 2 heterocycles. The van der Waals surface area contributed by atoms with Gasteiger partial charge in [-0.1, -0.05) is 20.8 Å². The van der Waals surface area contributed by atoms with E-state index in [2.05, 4.69) is 38.2 Å². The van der Waals surface area contributed by atoms with Crippen LogP contribution in [0.5, 0.6) is 0 Å². The Hall–Kier alpha value is -0.760. The second kappa shape index (κ2) is 4.73. The second-order valence-electron chi connectivity index (χ2n) is 6.64. The number of furan rings is 1. The van der Waals surface area contributed by atoms with Gasteiger partial charge in [0.2, 0.25) is 0 Å². The molecular formula is C16H25NO. The summed E-state index contributed by atoms with van der Waals surface area (Å²) < 4.78 is 6.13. The molecule has 18 heavy (non-hydrogen) atoms. The van der Waals surface area contributed by atoms with Gasteiger partial charge >= 0.3 is 0 Å². The van der Waals surface area contributed by atoms with E-state index in [9.17, 15) is 0 Å². The number of hydrogen-bond acceptors (Lipinski definition) is 2. The second-order valence-corrected chi connectivity index (χ2v) is 6.64. The normalized spacial score (nSPS) is 35.3. The largest absolute Gasteiger partial charge is 0.465 e. The Kier molecular flexibility index (Phi) is 3.23. The maximum Gasteiger partial charge on any atom is 0.108 e. The van der Waals surface area contributed by atoms with Crippen molar-refractivity contribution in [3.05, 3.63) is 23.7 Å². The molecule has 1 aromatic heterocycles. The molecule has 2 aliphatic rings. The van der Waals surface area contributed by atoms with Gasteiger partial charge in [0.25, 0.3) is 0 Å². The lowest BCUT2D eigenvalue weighted by Gasteiger charge is -2.19. The fourth-order valence-electron chi connectivity index (χ4n) is 3.35. The van der Waals surface area contributed by atoms with Crippen molar-refractivity contribution in [2.45, 2.75) is 57.9 Å². The van der Waals surface area contributed by atoms with Crippen LogP contribution in [0.2, 0.25) is 0 Å². The van der Waals surface area contributed by atoms with Crippen LogP contribution in [0.1, 0.15) is 63.4 Å². The Morgan fingerprint density at radius 1 is 1.28 bits per heavy atom. The summed E-state index contributed by atoms with van der Waals surface area (Å²) in [5, 5.41) is 3.64. The molecule has 0 radical (unpaired) electrons. The van der Waals surface area contributed by atoms with Gasteiger partial charge in [-0.05, 0) is 49.8 Å². The molecule has 100 valence electrons. The smallest absolute Gasteiger partial charge is 0.108 e. The summed E-state index contributed by atoms with van der Waals surface area (Å²) in [6, 6.07) is 5.06. The van der Waals surface area contributed by atoms with Crippen LogP contribution in [0.15, 0.2) is 16.5 Å². The van der Waals surface area contributed by atoms with Crippen LogP contribution < -0.4 is 5.32 Å². The van der Waals surface area contributed by atoms with Crippen molar-refractivity contribution < 1.29 is 4.42 Å². The minimum absolute atomic E-state index is 0.593. The van der Waals surface area contributed by atoms with E-state index < -0.39 is 0 Å². The first kappa shape index (κ1) is 12.3. The molecule has 1 aliphatic carbocycles. The molecule has 2 nitrogen and oxygen atoms in total. The van der Waals surface area contributed by atoms with Crippen LogP contribution in [0.4, 0.5) is 0 Å². The summed E-state index contributed by atoms with van der Waals surface area (Å²) >= 11 is 0. The molecule has 1 saturated carbocycles. The molecule has 0 amide bonds. The molecule has 0 aromatic carbocycles. The van der Waals surface area contributed by atoms with E-state index in [4.69, 9.17) is 4.42 Å². The van der Waals surface area contributed by atoms with Gasteiger partial charge in [0.1, 0.15) is 11.5 Å². The number of hydrogen-bond donors (Lipinski definition) is 1. The van der Waals surface area contributed by atoms with Gasteiger partial charge in [-0.25, -0.2) is 0 Å². The molecule has 2 heteroatoms. The predicted molar refractivity (Wildman–Crippen MR) is 73.8 cm³/mol. The van der Waals surface area contributed by atoms with Crippen molar-refractivity contribution in [3.8, 4) is 0 Å². The van der Waals surface area contributed by atoms with Crippen molar-refractivity contribution in [1.29, 1.82) is 0 Å². The van der Waals surface area contributed by atoms with Gasteiger partial charge in [-0.3, -0.25) is 0 Å². The van der Waals surface area contributed by atoms with Crippen LogP contribution in [0, 0.1) is 11.8 Å². The van der Waals surface area contributed by atoms with Crippen LogP contribution in [0.3, 0.4) is 0 Å². The summed E-state index contributed by atoms with van der Waals surface area (Å²) in [6.07, 6.45) is 3.79. The lowest BCUT2D eigenvalue weighted by Crippen LogP contribution is -2.27. The molecule has 1 aliphatic heterocycles. The van der Waals surface area contributed by atoms with E-state index in [1.807, 2.05) is 0 Å². The van der Waals surface area contributed by atoms with Gasteiger partial charge in [-0.2, -0.15) is 0 Å². The maximum absolute atomic E-state index is 6.13.